The van der Waals surface area contributed by atoms with Crippen molar-refractivity contribution in [1.29, 1.82) is 0 Å². The molecule has 0 unspecified atom stereocenters. The van der Waals surface area contributed by atoms with Crippen LogP contribution in [0.15, 0.2) is 176 Å². The van der Waals surface area contributed by atoms with Crippen LogP contribution in [0.4, 0.5) is 0 Å². The van der Waals surface area contributed by atoms with E-state index in [0.29, 0.717) is 0 Å². The van der Waals surface area contributed by atoms with Crippen LogP contribution in [0.3, 0.4) is 0 Å². The van der Waals surface area contributed by atoms with E-state index in [-0.39, 0.29) is 0 Å². The van der Waals surface area contributed by atoms with Gasteiger partial charge in [-0.05, 0) is 104 Å². The summed E-state index contributed by atoms with van der Waals surface area (Å²) in [4.78, 5) is 5.05. The molecule has 8 aromatic carbocycles. The van der Waals surface area contributed by atoms with Gasteiger partial charge in [0.15, 0.2) is 0 Å². The smallest absolute Gasteiger partial charge is 0.145 e. The van der Waals surface area contributed by atoms with E-state index in [1.165, 1.54) is 73.3 Å². The Kier molecular flexibility index (Phi) is 7.98. The highest BCUT2D eigenvalue weighted by Gasteiger charge is 2.19. The lowest BCUT2D eigenvalue weighted by molar-refractivity contribution is 0.796. The Morgan fingerprint density at radius 3 is 1.65 bits per heavy atom. The highest BCUT2D eigenvalue weighted by atomic mass is 15.1. The predicted octanol–water partition coefficient (Wildman–Crippen LogP) is 13.3. The maximum Gasteiger partial charge on any atom is 0.145 e. The van der Waals surface area contributed by atoms with Gasteiger partial charge in [-0.15, -0.1) is 0 Å². The average molecular weight is 655 g/mol. The van der Waals surface area contributed by atoms with E-state index >= 15 is 0 Å². The fourth-order valence-electron chi connectivity index (χ4n) is 7.69. The molecule has 0 atom stereocenters. The van der Waals surface area contributed by atoms with Gasteiger partial charge in [-0.1, -0.05) is 159 Å². The van der Waals surface area contributed by atoms with E-state index in [2.05, 4.69) is 187 Å². The summed E-state index contributed by atoms with van der Waals surface area (Å²) in [5, 5.41) is 5.15. The molecule has 0 amide bonds. The number of unbranched alkanes of at least 4 members (excludes halogenated alkanes) is 1. The van der Waals surface area contributed by atoms with E-state index in [0.717, 1.165) is 34.5 Å². The van der Waals surface area contributed by atoms with Gasteiger partial charge < -0.3 is 0 Å². The monoisotopic (exact) mass is 654 g/mol. The van der Waals surface area contributed by atoms with Gasteiger partial charge in [-0.3, -0.25) is 4.57 Å². The van der Waals surface area contributed by atoms with Gasteiger partial charge in [0.2, 0.25) is 0 Å². The molecule has 0 fully saturated rings. The van der Waals surface area contributed by atoms with Crippen molar-refractivity contribution >= 4 is 32.6 Å². The quantitative estimate of drug-likeness (QED) is 0.149. The summed E-state index contributed by atoms with van der Waals surface area (Å²) < 4.78 is 2.27. The van der Waals surface area contributed by atoms with Gasteiger partial charge in [0.1, 0.15) is 5.82 Å². The molecular formula is C49H38N2. The van der Waals surface area contributed by atoms with Crippen molar-refractivity contribution in [3.05, 3.63) is 181 Å². The molecule has 0 radical (unpaired) electrons. The molecule has 0 saturated carbocycles. The number of aryl methyl sites for hydroxylation is 1. The molecular weight excluding hydrogens is 617 g/mol. The molecule has 1 heterocycles. The van der Waals surface area contributed by atoms with Crippen molar-refractivity contribution < 1.29 is 0 Å². The molecule has 0 aliphatic carbocycles. The zero-order chi connectivity index (χ0) is 34.1. The zero-order valence-corrected chi connectivity index (χ0v) is 28.8. The molecule has 2 nitrogen and oxygen atoms in total. The van der Waals surface area contributed by atoms with E-state index in [1.54, 1.807) is 0 Å². The maximum atomic E-state index is 5.05. The lowest BCUT2D eigenvalue weighted by atomic mass is 9.84. The number of nitrogens with zero attached hydrogens (tertiary/aromatic N) is 2. The third-order valence-electron chi connectivity index (χ3n) is 10.2. The van der Waals surface area contributed by atoms with Crippen molar-refractivity contribution in [2.24, 2.45) is 0 Å². The van der Waals surface area contributed by atoms with E-state index in [4.69, 9.17) is 4.98 Å². The Morgan fingerprint density at radius 1 is 0.451 bits per heavy atom. The highest BCUT2D eigenvalue weighted by Crippen LogP contribution is 2.45. The molecule has 0 N–H and O–H groups in total. The minimum Gasteiger partial charge on any atom is -0.292 e. The molecule has 9 aromatic rings. The molecule has 51 heavy (non-hydrogen) atoms. The summed E-state index contributed by atoms with van der Waals surface area (Å²) in [6.07, 6.45) is 3.47. The number of para-hydroxylation sites is 2. The van der Waals surface area contributed by atoms with Crippen LogP contribution in [-0.4, -0.2) is 9.55 Å². The molecule has 0 aliphatic heterocycles. The third-order valence-corrected chi connectivity index (χ3v) is 10.2. The van der Waals surface area contributed by atoms with Crippen LogP contribution in [0.5, 0.6) is 0 Å². The maximum absolute atomic E-state index is 5.05. The standard InChI is InChI=1S/C49H38N2/c1-2-3-15-34-24-30-41-43(32-34)47(36-16-7-4-8-17-36)42-31-27-39(33-44(42)48(41)37-18-9-5-10-19-37)35-25-28-40(29-26-35)51-46-23-14-13-22-45(46)50-49(51)38-20-11-6-12-21-38/h4-14,16-33H,2-3,15H2,1H3. The second-order valence-electron chi connectivity index (χ2n) is 13.4. The minimum atomic E-state index is 0.945. The van der Waals surface area contributed by atoms with Crippen LogP contribution < -0.4 is 0 Å². The molecule has 2 heteroatoms. The average Bonchev–Trinajstić information content (AvgIpc) is 3.60. The van der Waals surface area contributed by atoms with Gasteiger partial charge in [0.25, 0.3) is 0 Å². The van der Waals surface area contributed by atoms with Crippen molar-refractivity contribution in [2.45, 2.75) is 26.2 Å². The summed E-state index contributed by atoms with van der Waals surface area (Å²) in [6, 6.07) is 63.9. The molecule has 9 rings (SSSR count). The minimum absolute atomic E-state index is 0.945. The Labute approximate surface area is 299 Å². The third kappa shape index (κ3) is 5.59. The van der Waals surface area contributed by atoms with Crippen LogP contribution >= 0.6 is 0 Å². The normalized spacial score (nSPS) is 11.5. The molecule has 0 bridgehead atoms. The largest absolute Gasteiger partial charge is 0.292 e. The Hall–Kier alpha value is -6.25. The number of imidazole rings is 1. The van der Waals surface area contributed by atoms with Gasteiger partial charge in [-0.25, -0.2) is 4.98 Å². The molecule has 1 aromatic heterocycles. The van der Waals surface area contributed by atoms with E-state index in [9.17, 15) is 0 Å². The van der Waals surface area contributed by atoms with Crippen LogP contribution in [-0.2, 0) is 6.42 Å². The number of fused-ring (bicyclic) bond motifs is 3. The fourth-order valence-corrected chi connectivity index (χ4v) is 7.69. The first-order chi connectivity index (χ1) is 25.3. The summed E-state index contributed by atoms with van der Waals surface area (Å²) >= 11 is 0. The summed E-state index contributed by atoms with van der Waals surface area (Å²) in [6.45, 7) is 2.27. The topological polar surface area (TPSA) is 17.8 Å². The van der Waals surface area contributed by atoms with Crippen molar-refractivity contribution in [3.8, 4) is 50.5 Å². The van der Waals surface area contributed by atoms with Gasteiger partial charge in [0.05, 0.1) is 11.0 Å². The summed E-state index contributed by atoms with van der Waals surface area (Å²) in [7, 11) is 0. The first-order valence-corrected chi connectivity index (χ1v) is 18.0. The number of rotatable bonds is 8. The zero-order valence-electron chi connectivity index (χ0n) is 28.8. The highest BCUT2D eigenvalue weighted by molar-refractivity contribution is 6.22. The molecule has 0 aliphatic rings. The van der Waals surface area contributed by atoms with Gasteiger partial charge in [-0.2, -0.15) is 0 Å². The van der Waals surface area contributed by atoms with Crippen LogP contribution in [0, 0.1) is 0 Å². The van der Waals surface area contributed by atoms with Crippen LogP contribution in [0.1, 0.15) is 25.3 Å². The predicted molar refractivity (Wildman–Crippen MR) is 216 cm³/mol. The number of hydrogen-bond acceptors (Lipinski definition) is 1. The van der Waals surface area contributed by atoms with Crippen LogP contribution in [0.2, 0.25) is 0 Å². The summed E-state index contributed by atoms with van der Waals surface area (Å²) in [5.74, 6) is 0.945. The Morgan fingerprint density at radius 2 is 1.00 bits per heavy atom. The van der Waals surface area contributed by atoms with Gasteiger partial charge in [0, 0.05) is 11.3 Å². The summed E-state index contributed by atoms with van der Waals surface area (Å²) in [5.41, 5.74) is 13.1. The SMILES string of the molecule is CCCCc1ccc2c(-c3ccccc3)c3cc(-c4ccc(-n5c(-c6ccccc6)nc6ccccc65)cc4)ccc3c(-c3ccccc3)c2c1. The van der Waals surface area contributed by atoms with Crippen LogP contribution in [0.25, 0.3) is 83.0 Å². The molecule has 244 valence electrons. The van der Waals surface area contributed by atoms with Crippen molar-refractivity contribution in [2.75, 3.05) is 0 Å². The van der Waals surface area contributed by atoms with E-state index < -0.39 is 0 Å². The lowest BCUT2D eigenvalue weighted by Crippen LogP contribution is -1.97. The first kappa shape index (κ1) is 30.8. The van der Waals surface area contributed by atoms with Crippen molar-refractivity contribution in [3.63, 3.8) is 0 Å². The second kappa shape index (κ2) is 13.2. The van der Waals surface area contributed by atoms with E-state index in [1.807, 2.05) is 0 Å². The fraction of sp³-hybridized carbons (Fsp3) is 0.0816. The first-order valence-electron chi connectivity index (χ1n) is 18.0. The Bertz CT molecular complexity index is 2640. The van der Waals surface area contributed by atoms with Gasteiger partial charge >= 0.3 is 0 Å². The molecule has 0 spiro atoms. The second-order valence-corrected chi connectivity index (χ2v) is 13.4. The molecule has 0 saturated heterocycles. The Balaban J connectivity index is 1.24. The number of aromatic nitrogens is 2. The van der Waals surface area contributed by atoms with Crippen molar-refractivity contribution in [1.82, 2.24) is 9.55 Å². The number of benzene rings is 8. The lowest BCUT2D eigenvalue weighted by Gasteiger charge is -2.19. The number of hydrogen-bond donors (Lipinski definition) is 0.